The van der Waals surface area contributed by atoms with E-state index in [2.05, 4.69) is 10.2 Å². The first kappa shape index (κ1) is 14.7. The second-order valence-corrected chi connectivity index (χ2v) is 6.54. The van der Waals surface area contributed by atoms with Gasteiger partial charge in [0.1, 0.15) is 11.3 Å². The van der Waals surface area contributed by atoms with E-state index in [9.17, 15) is 4.79 Å². The third-order valence-corrected chi connectivity index (χ3v) is 4.88. The number of carbonyl (C=O) groups excluding carboxylic acids is 1. The molecule has 2 aliphatic rings. The van der Waals surface area contributed by atoms with Gasteiger partial charge in [0.2, 0.25) is 0 Å². The first-order valence-corrected chi connectivity index (χ1v) is 8.33. The molecule has 1 amide bonds. The van der Waals surface area contributed by atoms with Crippen molar-refractivity contribution in [2.24, 2.45) is 0 Å². The van der Waals surface area contributed by atoms with Crippen LogP contribution < -0.4 is 5.32 Å². The molecule has 5 nitrogen and oxygen atoms in total. The lowest BCUT2D eigenvalue weighted by Crippen LogP contribution is -2.50. The lowest BCUT2D eigenvalue weighted by Gasteiger charge is -2.27. The summed E-state index contributed by atoms with van der Waals surface area (Å²) in [5, 5.41) is 4.12. The van der Waals surface area contributed by atoms with E-state index in [1.165, 1.54) is 12.8 Å². The summed E-state index contributed by atoms with van der Waals surface area (Å²) in [4.78, 5) is 15.0. The summed E-state index contributed by atoms with van der Waals surface area (Å²) in [5.74, 6) is 0.821. The second kappa shape index (κ2) is 5.98. The van der Waals surface area contributed by atoms with Crippen LogP contribution in [0, 0.1) is 6.92 Å². The van der Waals surface area contributed by atoms with E-state index in [0.717, 1.165) is 29.8 Å². The van der Waals surface area contributed by atoms with Crippen LogP contribution in [0.15, 0.2) is 28.7 Å². The topological polar surface area (TPSA) is 54.7 Å². The molecular weight excluding hydrogens is 292 g/mol. The van der Waals surface area contributed by atoms with Gasteiger partial charge in [-0.05, 0) is 57.1 Å². The van der Waals surface area contributed by atoms with Crippen molar-refractivity contribution >= 4 is 16.9 Å². The first-order valence-electron chi connectivity index (χ1n) is 8.33. The summed E-state index contributed by atoms with van der Waals surface area (Å²) >= 11 is 0. The van der Waals surface area contributed by atoms with Crippen molar-refractivity contribution in [3.05, 3.63) is 35.6 Å². The maximum Gasteiger partial charge on any atom is 0.251 e. The van der Waals surface area contributed by atoms with E-state index in [-0.39, 0.29) is 11.9 Å². The maximum atomic E-state index is 12.6. The number of carbonyl (C=O) groups is 1. The average Bonchev–Trinajstić information content (AvgIpc) is 3.25. The molecule has 2 saturated heterocycles. The van der Waals surface area contributed by atoms with Crippen molar-refractivity contribution in [3.8, 4) is 0 Å². The molecule has 5 heteroatoms. The van der Waals surface area contributed by atoms with Crippen molar-refractivity contribution < 1.29 is 13.9 Å². The van der Waals surface area contributed by atoms with Crippen LogP contribution in [-0.4, -0.2) is 49.2 Å². The minimum absolute atomic E-state index is 0.0366. The van der Waals surface area contributed by atoms with Crippen LogP contribution in [0.4, 0.5) is 0 Å². The number of furan rings is 1. The lowest BCUT2D eigenvalue weighted by atomic mass is 10.1. The van der Waals surface area contributed by atoms with Crippen LogP contribution in [0.3, 0.4) is 0 Å². The van der Waals surface area contributed by atoms with E-state index in [1.807, 2.05) is 31.2 Å². The maximum absolute atomic E-state index is 12.6. The van der Waals surface area contributed by atoms with E-state index < -0.39 is 0 Å². The molecule has 2 aromatic rings. The van der Waals surface area contributed by atoms with Crippen molar-refractivity contribution in [1.29, 1.82) is 0 Å². The molecule has 2 fully saturated rings. The van der Waals surface area contributed by atoms with Crippen molar-refractivity contribution in [3.63, 3.8) is 0 Å². The molecule has 23 heavy (non-hydrogen) atoms. The number of fused-ring (bicyclic) bond motifs is 1. The zero-order chi connectivity index (χ0) is 15.8. The summed E-state index contributed by atoms with van der Waals surface area (Å²) in [6.07, 6.45) is 2.49. The Morgan fingerprint density at radius 2 is 2.04 bits per heavy atom. The minimum Gasteiger partial charge on any atom is -0.461 e. The molecule has 0 spiro atoms. The van der Waals surface area contributed by atoms with Gasteiger partial charge in [0.05, 0.1) is 25.3 Å². The molecule has 2 atom stereocenters. The monoisotopic (exact) mass is 314 g/mol. The largest absolute Gasteiger partial charge is 0.461 e. The van der Waals surface area contributed by atoms with Crippen molar-refractivity contribution in [2.75, 3.05) is 26.3 Å². The Labute approximate surface area is 135 Å². The molecule has 1 aromatic carbocycles. The number of ether oxygens (including phenoxy) is 1. The predicted octanol–water partition coefficient (Wildman–Crippen LogP) is 2.33. The normalized spacial score (nSPS) is 25.3. The Bertz CT molecular complexity index is 718. The summed E-state index contributed by atoms with van der Waals surface area (Å²) in [5.41, 5.74) is 1.49. The quantitative estimate of drug-likeness (QED) is 0.945. The number of nitrogens with one attached hydrogen (secondary N) is 1. The van der Waals surface area contributed by atoms with Crippen molar-refractivity contribution in [2.45, 2.75) is 31.8 Å². The summed E-state index contributed by atoms with van der Waals surface area (Å²) in [6.45, 7) is 5.45. The molecule has 2 aliphatic heterocycles. The predicted molar refractivity (Wildman–Crippen MR) is 87.6 cm³/mol. The van der Waals surface area contributed by atoms with E-state index in [4.69, 9.17) is 9.15 Å². The van der Waals surface area contributed by atoms with E-state index in [1.54, 1.807) is 0 Å². The molecule has 0 saturated carbocycles. The van der Waals surface area contributed by atoms with Crippen LogP contribution in [0.5, 0.6) is 0 Å². The number of hydrogen-bond donors (Lipinski definition) is 1. The summed E-state index contributed by atoms with van der Waals surface area (Å²) in [6, 6.07) is 7.91. The molecule has 0 radical (unpaired) electrons. The van der Waals surface area contributed by atoms with Crippen LogP contribution in [-0.2, 0) is 4.74 Å². The zero-order valence-corrected chi connectivity index (χ0v) is 13.4. The first-order chi connectivity index (χ1) is 11.2. The number of hydrogen-bond acceptors (Lipinski definition) is 4. The summed E-state index contributed by atoms with van der Waals surface area (Å²) < 4.78 is 11.2. The van der Waals surface area contributed by atoms with Crippen LogP contribution in [0.2, 0.25) is 0 Å². The highest BCUT2D eigenvalue weighted by Crippen LogP contribution is 2.22. The van der Waals surface area contributed by atoms with E-state index >= 15 is 0 Å². The molecular formula is C18H22N2O3. The van der Waals surface area contributed by atoms with Gasteiger partial charge in [0.25, 0.3) is 5.91 Å². The fourth-order valence-corrected chi connectivity index (χ4v) is 3.68. The molecule has 1 aromatic heterocycles. The molecule has 0 unspecified atom stereocenters. The van der Waals surface area contributed by atoms with Crippen LogP contribution in [0.25, 0.3) is 11.0 Å². The SMILES string of the molecule is Cc1cc2cc(C(=O)N[C@@H]3COC[C@H]3N3CCCC3)ccc2o1. The Morgan fingerprint density at radius 1 is 1.22 bits per heavy atom. The molecule has 4 rings (SSSR count). The molecule has 0 aliphatic carbocycles. The van der Waals surface area contributed by atoms with Gasteiger partial charge in [-0.3, -0.25) is 9.69 Å². The van der Waals surface area contributed by atoms with Gasteiger partial charge in [-0.2, -0.15) is 0 Å². The van der Waals surface area contributed by atoms with Crippen LogP contribution in [0.1, 0.15) is 29.0 Å². The van der Waals surface area contributed by atoms with Gasteiger partial charge in [0, 0.05) is 10.9 Å². The van der Waals surface area contributed by atoms with E-state index in [0.29, 0.717) is 24.8 Å². The molecule has 1 N–H and O–H groups in total. The van der Waals surface area contributed by atoms with Gasteiger partial charge < -0.3 is 14.5 Å². The van der Waals surface area contributed by atoms with Crippen molar-refractivity contribution in [1.82, 2.24) is 10.2 Å². The Morgan fingerprint density at radius 3 is 2.87 bits per heavy atom. The Balaban J connectivity index is 1.49. The average molecular weight is 314 g/mol. The Hall–Kier alpha value is -1.85. The van der Waals surface area contributed by atoms with Gasteiger partial charge in [-0.1, -0.05) is 0 Å². The second-order valence-electron chi connectivity index (χ2n) is 6.54. The minimum atomic E-state index is -0.0366. The third kappa shape index (κ3) is 2.86. The van der Waals surface area contributed by atoms with Gasteiger partial charge in [-0.25, -0.2) is 0 Å². The number of rotatable bonds is 3. The molecule has 0 bridgehead atoms. The lowest BCUT2D eigenvalue weighted by molar-refractivity contribution is 0.0917. The standard InChI is InChI=1S/C18H22N2O3/c1-12-8-14-9-13(4-5-17(14)23-12)18(21)19-15-10-22-11-16(15)20-6-2-3-7-20/h4-5,8-9,15-16H,2-3,6-7,10-11H2,1H3,(H,19,21)/t15-,16-/m1/s1. The fourth-order valence-electron chi connectivity index (χ4n) is 3.68. The van der Waals surface area contributed by atoms with Gasteiger partial charge in [-0.15, -0.1) is 0 Å². The van der Waals surface area contributed by atoms with Gasteiger partial charge >= 0.3 is 0 Å². The highest BCUT2D eigenvalue weighted by Gasteiger charge is 2.35. The molecule has 122 valence electrons. The number of likely N-dealkylation sites (tertiary alicyclic amines) is 1. The number of aryl methyl sites for hydroxylation is 1. The third-order valence-electron chi connectivity index (χ3n) is 4.88. The number of benzene rings is 1. The number of amides is 1. The van der Waals surface area contributed by atoms with Crippen LogP contribution >= 0.6 is 0 Å². The summed E-state index contributed by atoms with van der Waals surface area (Å²) in [7, 11) is 0. The highest BCUT2D eigenvalue weighted by molar-refractivity contribution is 5.98. The smallest absolute Gasteiger partial charge is 0.251 e. The fraction of sp³-hybridized carbons (Fsp3) is 0.500. The zero-order valence-electron chi connectivity index (χ0n) is 13.4. The van der Waals surface area contributed by atoms with Gasteiger partial charge in [0.15, 0.2) is 0 Å². The highest BCUT2D eigenvalue weighted by atomic mass is 16.5. The molecule has 3 heterocycles. The Kier molecular flexibility index (Phi) is 3.83. The number of nitrogens with zero attached hydrogens (tertiary/aromatic N) is 1.